The minimum Gasteiger partial charge on any atom is -0.392 e. The normalized spacial score (nSPS) is 12.7. The quantitative estimate of drug-likeness (QED) is 0.935. The zero-order valence-corrected chi connectivity index (χ0v) is 11.6. The number of aryl methyl sites for hydroxylation is 2. The average molecular weight is 283 g/mol. The Balaban J connectivity index is 2.05. The Morgan fingerprint density at radius 2 is 2.00 bits per heavy atom. The maximum Gasteiger partial charge on any atom is 0.162 e. The molecule has 1 atom stereocenters. The van der Waals surface area contributed by atoms with Gasteiger partial charge in [-0.25, -0.2) is 13.8 Å². The van der Waals surface area contributed by atoms with E-state index in [0.717, 1.165) is 21.6 Å². The van der Waals surface area contributed by atoms with Crippen molar-refractivity contribution in [3.8, 4) is 0 Å². The van der Waals surface area contributed by atoms with E-state index in [-0.39, 0.29) is 12.0 Å². The smallest absolute Gasteiger partial charge is 0.162 e. The number of hydrogen-bond donors (Lipinski definition) is 1. The average Bonchev–Trinajstić information content (AvgIpc) is 2.64. The van der Waals surface area contributed by atoms with E-state index in [4.69, 9.17) is 0 Å². The number of rotatable bonds is 4. The van der Waals surface area contributed by atoms with Crippen LogP contribution >= 0.6 is 11.3 Å². The van der Waals surface area contributed by atoms with Gasteiger partial charge in [-0.05, 0) is 25.5 Å². The second kappa shape index (κ2) is 5.75. The molecule has 0 spiro atoms. The molecule has 2 nitrogen and oxygen atoms in total. The highest BCUT2D eigenvalue weighted by molar-refractivity contribution is 7.11. The van der Waals surface area contributed by atoms with Crippen LogP contribution in [0.3, 0.4) is 0 Å². The molecule has 0 aliphatic heterocycles. The van der Waals surface area contributed by atoms with Crippen LogP contribution in [0.4, 0.5) is 8.78 Å². The predicted octanol–water partition coefficient (Wildman–Crippen LogP) is 3.18. The van der Waals surface area contributed by atoms with Crippen molar-refractivity contribution in [2.75, 3.05) is 0 Å². The van der Waals surface area contributed by atoms with E-state index in [9.17, 15) is 13.9 Å². The Kier molecular flexibility index (Phi) is 4.27. The molecule has 1 aromatic heterocycles. The van der Waals surface area contributed by atoms with Crippen LogP contribution in [0.15, 0.2) is 18.2 Å². The van der Waals surface area contributed by atoms with Crippen LogP contribution in [-0.4, -0.2) is 16.2 Å². The summed E-state index contributed by atoms with van der Waals surface area (Å²) in [5.41, 5.74) is 1.14. The molecule has 0 bridgehead atoms. The third kappa shape index (κ3) is 3.36. The number of nitrogens with zero attached hydrogens (tertiary/aromatic N) is 1. The SMILES string of the molecule is Cc1nc(CC(O)Cc2cccc(F)c2F)sc1C. The summed E-state index contributed by atoms with van der Waals surface area (Å²) in [5, 5.41) is 10.8. The van der Waals surface area contributed by atoms with Gasteiger partial charge in [-0.2, -0.15) is 0 Å². The lowest BCUT2D eigenvalue weighted by atomic mass is 10.1. The molecule has 0 saturated carbocycles. The lowest BCUT2D eigenvalue weighted by molar-refractivity contribution is 0.173. The number of halogens is 2. The van der Waals surface area contributed by atoms with E-state index in [2.05, 4.69) is 4.98 Å². The number of aliphatic hydroxyl groups excluding tert-OH is 1. The van der Waals surface area contributed by atoms with Crippen LogP contribution < -0.4 is 0 Å². The molecule has 1 unspecified atom stereocenters. The van der Waals surface area contributed by atoms with Crippen LogP contribution in [0.5, 0.6) is 0 Å². The van der Waals surface area contributed by atoms with E-state index in [1.54, 1.807) is 0 Å². The van der Waals surface area contributed by atoms with Gasteiger partial charge >= 0.3 is 0 Å². The van der Waals surface area contributed by atoms with Gasteiger partial charge in [-0.15, -0.1) is 11.3 Å². The van der Waals surface area contributed by atoms with Gasteiger partial charge in [0.25, 0.3) is 0 Å². The van der Waals surface area contributed by atoms with Gasteiger partial charge in [-0.1, -0.05) is 12.1 Å². The molecule has 0 radical (unpaired) electrons. The summed E-state index contributed by atoms with van der Waals surface area (Å²) in [6.45, 7) is 3.88. The largest absolute Gasteiger partial charge is 0.392 e. The number of aliphatic hydroxyl groups is 1. The predicted molar refractivity (Wildman–Crippen MR) is 71.4 cm³/mol. The summed E-state index contributed by atoms with van der Waals surface area (Å²) in [6.07, 6.45) is -0.322. The minimum absolute atomic E-state index is 0.0846. The molecule has 1 heterocycles. The molecule has 0 saturated heterocycles. The molecule has 0 aliphatic rings. The number of aromatic nitrogens is 1. The first kappa shape index (κ1) is 14.1. The summed E-state index contributed by atoms with van der Waals surface area (Å²) < 4.78 is 26.5. The van der Waals surface area contributed by atoms with Crippen molar-refractivity contribution in [1.29, 1.82) is 0 Å². The van der Waals surface area contributed by atoms with Gasteiger partial charge < -0.3 is 5.11 Å². The van der Waals surface area contributed by atoms with Crippen LogP contribution in [0.1, 0.15) is 21.1 Å². The Morgan fingerprint density at radius 1 is 1.26 bits per heavy atom. The third-order valence-electron chi connectivity index (χ3n) is 2.97. The standard InChI is InChI=1S/C14H15F2NOS/c1-8-9(2)19-13(17-8)7-11(18)6-10-4-3-5-12(15)14(10)16/h3-5,11,18H,6-7H2,1-2H3. The van der Waals surface area contributed by atoms with Crippen molar-refractivity contribution in [3.63, 3.8) is 0 Å². The summed E-state index contributed by atoms with van der Waals surface area (Å²) in [6, 6.07) is 4.00. The highest BCUT2D eigenvalue weighted by atomic mass is 32.1. The van der Waals surface area contributed by atoms with Crippen LogP contribution in [0.25, 0.3) is 0 Å². The Hall–Kier alpha value is -1.33. The van der Waals surface area contributed by atoms with E-state index in [0.29, 0.717) is 6.42 Å². The van der Waals surface area contributed by atoms with E-state index in [1.807, 2.05) is 13.8 Å². The molecule has 1 aromatic carbocycles. The van der Waals surface area contributed by atoms with Crippen molar-refractivity contribution in [2.24, 2.45) is 0 Å². The Labute approximate surface area is 114 Å². The molecule has 0 aliphatic carbocycles. The highest BCUT2D eigenvalue weighted by Crippen LogP contribution is 2.20. The highest BCUT2D eigenvalue weighted by Gasteiger charge is 2.15. The van der Waals surface area contributed by atoms with Crippen molar-refractivity contribution in [2.45, 2.75) is 32.8 Å². The van der Waals surface area contributed by atoms with E-state index >= 15 is 0 Å². The number of hydrogen-bond acceptors (Lipinski definition) is 3. The second-order valence-corrected chi connectivity index (χ2v) is 5.81. The number of benzene rings is 1. The molecule has 0 amide bonds. The van der Waals surface area contributed by atoms with Crippen molar-refractivity contribution in [1.82, 2.24) is 4.98 Å². The topological polar surface area (TPSA) is 33.1 Å². The van der Waals surface area contributed by atoms with Crippen LogP contribution in [0, 0.1) is 25.5 Å². The maximum atomic E-state index is 13.5. The zero-order chi connectivity index (χ0) is 14.0. The van der Waals surface area contributed by atoms with Gasteiger partial charge in [0.1, 0.15) is 0 Å². The van der Waals surface area contributed by atoms with E-state index in [1.165, 1.54) is 23.5 Å². The second-order valence-electron chi connectivity index (χ2n) is 4.52. The maximum absolute atomic E-state index is 13.5. The minimum atomic E-state index is -0.884. The summed E-state index contributed by atoms with van der Waals surface area (Å²) in [5.74, 6) is -1.77. The van der Waals surface area contributed by atoms with E-state index < -0.39 is 17.7 Å². The van der Waals surface area contributed by atoms with Crippen LogP contribution in [-0.2, 0) is 12.8 Å². The summed E-state index contributed by atoms with van der Waals surface area (Å²) >= 11 is 1.52. The van der Waals surface area contributed by atoms with Crippen molar-refractivity contribution < 1.29 is 13.9 Å². The molecule has 0 fully saturated rings. The van der Waals surface area contributed by atoms with Crippen molar-refractivity contribution >= 4 is 11.3 Å². The molecular weight excluding hydrogens is 268 g/mol. The summed E-state index contributed by atoms with van der Waals surface area (Å²) in [7, 11) is 0. The first-order valence-corrected chi connectivity index (χ1v) is 6.83. The van der Waals surface area contributed by atoms with Gasteiger partial charge in [-0.3, -0.25) is 0 Å². The van der Waals surface area contributed by atoms with Gasteiger partial charge in [0.2, 0.25) is 0 Å². The molecule has 2 rings (SSSR count). The Morgan fingerprint density at radius 3 is 2.63 bits per heavy atom. The third-order valence-corrected chi connectivity index (χ3v) is 4.07. The van der Waals surface area contributed by atoms with Crippen LogP contribution in [0.2, 0.25) is 0 Å². The summed E-state index contributed by atoms with van der Waals surface area (Å²) in [4.78, 5) is 5.43. The monoisotopic (exact) mass is 283 g/mol. The molecule has 102 valence electrons. The first-order chi connectivity index (χ1) is 8.97. The van der Waals surface area contributed by atoms with Gasteiger partial charge in [0.05, 0.1) is 16.8 Å². The fourth-order valence-corrected chi connectivity index (χ4v) is 2.87. The fraction of sp³-hybridized carbons (Fsp3) is 0.357. The van der Waals surface area contributed by atoms with Gasteiger partial charge in [0.15, 0.2) is 11.6 Å². The molecule has 5 heteroatoms. The lowest BCUT2D eigenvalue weighted by Gasteiger charge is -2.09. The lowest BCUT2D eigenvalue weighted by Crippen LogP contribution is -2.15. The van der Waals surface area contributed by atoms with Crippen molar-refractivity contribution in [3.05, 3.63) is 51.0 Å². The van der Waals surface area contributed by atoms with Gasteiger partial charge in [0, 0.05) is 17.7 Å². The fourth-order valence-electron chi connectivity index (χ4n) is 1.86. The first-order valence-electron chi connectivity index (χ1n) is 6.01. The molecule has 1 N–H and O–H groups in total. The molecule has 19 heavy (non-hydrogen) atoms. The number of thiazole rings is 1. The molecular formula is C14H15F2NOS. The molecule has 2 aromatic rings. The zero-order valence-electron chi connectivity index (χ0n) is 10.8. The Bertz CT molecular complexity index is 563.